The van der Waals surface area contributed by atoms with Crippen LogP contribution in [0.25, 0.3) is 11.2 Å². The highest BCUT2D eigenvalue weighted by molar-refractivity contribution is 5.87. The van der Waals surface area contributed by atoms with E-state index in [-0.39, 0.29) is 17.8 Å². The highest BCUT2D eigenvalue weighted by Gasteiger charge is 2.25. The second-order valence-corrected chi connectivity index (χ2v) is 6.94. The van der Waals surface area contributed by atoms with Crippen LogP contribution in [0.15, 0.2) is 39.0 Å². The number of hydrogen-bond acceptors (Lipinski definition) is 5. The van der Waals surface area contributed by atoms with Crippen LogP contribution in [0.1, 0.15) is 25.0 Å². The number of aryl methyl sites for hydroxylation is 2. The van der Waals surface area contributed by atoms with Gasteiger partial charge in [-0.1, -0.05) is 29.8 Å². The fourth-order valence-electron chi connectivity index (χ4n) is 3.45. The summed E-state index contributed by atoms with van der Waals surface area (Å²) >= 11 is 0. The van der Waals surface area contributed by atoms with Gasteiger partial charge in [0.05, 0.1) is 18.8 Å². The van der Waals surface area contributed by atoms with Crippen molar-refractivity contribution in [3.8, 4) is 0 Å². The van der Waals surface area contributed by atoms with Crippen molar-refractivity contribution < 1.29 is 0 Å². The fraction of sp³-hybridized carbons (Fsp3) is 0.368. The summed E-state index contributed by atoms with van der Waals surface area (Å²) < 4.78 is 4.58. The number of aromatic nitrogens is 4. The van der Waals surface area contributed by atoms with Crippen molar-refractivity contribution in [3.05, 3.63) is 56.2 Å². The molecule has 27 heavy (non-hydrogen) atoms. The first-order chi connectivity index (χ1) is 12.9. The van der Waals surface area contributed by atoms with Crippen LogP contribution in [0.3, 0.4) is 0 Å². The van der Waals surface area contributed by atoms with Gasteiger partial charge in [-0.05, 0) is 26.3 Å². The minimum Gasteiger partial charge on any atom is -0.297 e. The Bertz CT molecular complexity index is 1180. The molecule has 0 N–H and O–H groups in total. The SMILES string of the molecule is CCN1N=C(C)Cn2c1nc1c2c(=O)n(Cc2ccc(C)cc2)c(=O)n1C. The number of benzene rings is 1. The monoisotopic (exact) mass is 366 g/mol. The van der Waals surface area contributed by atoms with Gasteiger partial charge in [0.25, 0.3) is 5.56 Å². The highest BCUT2D eigenvalue weighted by atomic mass is 16.2. The van der Waals surface area contributed by atoms with E-state index < -0.39 is 0 Å². The first kappa shape index (κ1) is 17.3. The molecule has 8 nitrogen and oxygen atoms in total. The number of nitrogens with zero attached hydrogens (tertiary/aromatic N) is 6. The Morgan fingerprint density at radius 1 is 1.11 bits per heavy atom. The third-order valence-electron chi connectivity index (χ3n) is 4.88. The molecule has 0 aliphatic carbocycles. The first-order valence-electron chi connectivity index (χ1n) is 8.98. The summed E-state index contributed by atoms with van der Waals surface area (Å²) in [6.45, 7) is 7.24. The zero-order chi connectivity index (χ0) is 19.3. The Kier molecular flexibility index (Phi) is 3.98. The summed E-state index contributed by atoms with van der Waals surface area (Å²) in [5.41, 5.74) is 3.07. The number of rotatable bonds is 3. The molecule has 2 aromatic heterocycles. The summed E-state index contributed by atoms with van der Waals surface area (Å²) in [5.74, 6) is 0.596. The van der Waals surface area contributed by atoms with Crippen LogP contribution < -0.4 is 16.3 Å². The standard InChI is InChI=1S/C19H22N6O2/c1-5-25-18-20-16-15(23(18)10-13(3)21-25)17(26)24(19(27)22(16)4)11-14-8-6-12(2)7-9-14/h6-9H,5,10-11H2,1-4H3. The smallest absolute Gasteiger partial charge is 0.297 e. The zero-order valence-corrected chi connectivity index (χ0v) is 15.9. The normalized spacial score (nSPS) is 13.8. The maximum absolute atomic E-state index is 13.2. The lowest BCUT2D eigenvalue weighted by molar-refractivity contribution is 0.653. The van der Waals surface area contributed by atoms with E-state index in [0.29, 0.717) is 30.2 Å². The average Bonchev–Trinajstić information content (AvgIpc) is 3.04. The lowest BCUT2D eigenvalue weighted by Gasteiger charge is -2.23. The number of hydrogen-bond donors (Lipinski definition) is 0. The molecular formula is C19H22N6O2. The molecule has 0 radical (unpaired) electrons. The van der Waals surface area contributed by atoms with Crippen LogP contribution in [0.5, 0.6) is 0 Å². The molecular weight excluding hydrogens is 344 g/mol. The van der Waals surface area contributed by atoms with E-state index in [1.165, 1.54) is 9.13 Å². The average molecular weight is 366 g/mol. The minimum absolute atomic E-state index is 0.229. The molecule has 0 amide bonds. The number of anilines is 1. The highest BCUT2D eigenvalue weighted by Crippen LogP contribution is 2.23. The van der Waals surface area contributed by atoms with E-state index in [4.69, 9.17) is 0 Å². The molecule has 0 bridgehead atoms. The summed E-state index contributed by atoms with van der Waals surface area (Å²) in [6.07, 6.45) is 0. The molecule has 3 aromatic rings. The Morgan fingerprint density at radius 2 is 1.81 bits per heavy atom. The number of fused-ring (bicyclic) bond motifs is 3. The topological polar surface area (TPSA) is 77.4 Å². The molecule has 3 heterocycles. The van der Waals surface area contributed by atoms with Crippen molar-refractivity contribution in [3.63, 3.8) is 0 Å². The predicted molar refractivity (Wildman–Crippen MR) is 106 cm³/mol. The van der Waals surface area contributed by atoms with E-state index >= 15 is 0 Å². The van der Waals surface area contributed by atoms with Crippen LogP contribution >= 0.6 is 0 Å². The van der Waals surface area contributed by atoms with Gasteiger partial charge in [-0.25, -0.2) is 9.80 Å². The van der Waals surface area contributed by atoms with Gasteiger partial charge in [0.1, 0.15) is 0 Å². The molecule has 0 atom stereocenters. The van der Waals surface area contributed by atoms with E-state index in [1.54, 1.807) is 12.1 Å². The molecule has 8 heteroatoms. The van der Waals surface area contributed by atoms with Crippen molar-refractivity contribution in [2.75, 3.05) is 11.6 Å². The van der Waals surface area contributed by atoms with Gasteiger partial charge in [-0.2, -0.15) is 10.1 Å². The third-order valence-corrected chi connectivity index (χ3v) is 4.88. The molecule has 0 unspecified atom stereocenters. The van der Waals surface area contributed by atoms with Crippen molar-refractivity contribution >= 4 is 22.8 Å². The molecule has 1 aromatic carbocycles. The Morgan fingerprint density at radius 3 is 2.48 bits per heavy atom. The van der Waals surface area contributed by atoms with Gasteiger partial charge in [0, 0.05) is 13.6 Å². The van der Waals surface area contributed by atoms with Gasteiger partial charge < -0.3 is 0 Å². The minimum atomic E-state index is -0.371. The van der Waals surface area contributed by atoms with E-state index in [9.17, 15) is 9.59 Å². The maximum Gasteiger partial charge on any atom is 0.332 e. The predicted octanol–water partition coefficient (Wildman–Crippen LogP) is 1.47. The van der Waals surface area contributed by atoms with Crippen molar-refractivity contribution in [2.45, 2.75) is 33.9 Å². The fourth-order valence-corrected chi connectivity index (χ4v) is 3.45. The van der Waals surface area contributed by atoms with Gasteiger partial charge in [0.2, 0.25) is 5.95 Å². The third kappa shape index (κ3) is 2.68. The maximum atomic E-state index is 13.2. The van der Waals surface area contributed by atoms with Gasteiger partial charge in [-0.15, -0.1) is 0 Å². The lowest BCUT2D eigenvalue weighted by Crippen LogP contribution is -2.40. The van der Waals surface area contributed by atoms with Crippen molar-refractivity contribution in [1.82, 2.24) is 18.7 Å². The number of imidazole rings is 1. The summed E-state index contributed by atoms with van der Waals surface area (Å²) in [6, 6.07) is 7.83. The zero-order valence-electron chi connectivity index (χ0n) is 15.9. The molecule has 4 rings (SSSR count). The van der Waals surface area contributed by atoms with Crippen LogP contribution in [-0.4, -0.2) is 30.9 Å². The first-order valence-corrected chi connectivity index (χ1v) is 8.98. The van der Waals surface area contributed by atoms with Crippen molar-refractivity contribution in [1.29, 1.82) is 0 Å². The van der Waals surface area contributed by atoms with Crippen LogP contribution in [0.2, 0.25) is 0 Å². The molecule has 0 saturated carbocycles. The van der Waals surface area contributed by atoms with Gasteiger partial charge in [0.15, 0.2) is 11.2 Å². The quantitative estimate of drug-likeness (QED) is 0.703. The molecule has 140 valence electrons. The number of hydrazone groups is 1. The second kappa shape index (κ2) is 6.22. The molecule has 0 fully saturated rings. The Labute approximate surface area is 156 Å². The van der Waals surface area contributed by atoms with Crippen LogP contribution in [0.4, 0.5) is 5.95 Å². The molecule has 0 spiro atoms. The van der Waals surface area contributed by atoms with Crippen LogP contribution in [-0.2, 0) is 20.1 Å². The Hall–Kier alpha value is -3.16. The van der Waals surface area contributed by atoms with Crippen molar-refractivity contribution in [2.24, 2.45) is 12.1 Å². The van der Waals surface area contributed by atoms with E-state index in [2.05, 4.69) is 10.1 Å². The molecule has 0 saturated heterocycles. The summed E-state index contributed by atoms with van der Waals surface area (Å²) in [5, 5.41) is 6.24. The largest absolute Gasteiger partial charge is 0.332 e. The van der Waals surface area contributed by atoms with Crippen LogP contribution in [0, 0.1) is 6.92 Å². The van der Waals surface area contributed by atoms with E-state index in [1.807, 2.05) is 49.6 Å². The second-order valence-electron chi connectivity index (χ2n) is 6.94. The molecule has 1 aliphatic heterocycles. The van der Waals surface area contributed by atoms with Gasteiger partial charge in [-0.3, -0.25) is 18.5 Å². The summed E-state index contributed by atoms with van der Waals surface area (Å²) in [4.78, 5) is 30.6. The molecule has 1 aliphatic rings. The summed E-state index contributed by atoms with van der Waals surface area (Å²) in [7, 11) is 1.65. The Balaban J connectivity index is 1.95. The van der Waals surface area contributed by atoms with Gasteiger partial charge >= 0.3 is 5.69 Å². The lowest BCUT2D eigenvalue weighted by atomic mass is 10.1. The van der Waals surface area contributed by atoms with E-state index in [0.717, 1.165) is 16.8 Å².